The van der Waals surface area contributed by atoms with Crippen molar-refractivity contribution in [3.8, 4) is 0 Å². The van der Waals surface area contributed by atoms with Gasteiger partial charge in [-0.05, 0) is 43.4 Å². The fraction of sp³-hybridized carbons (Fsp3) is 0.619. The lowest BCUT2D eigenvalue weighted by molar-refractivity contribution is -0.118. The first-order valence-electron chi connectivity index (χ1n) is 10.0. The molecule has 1 amide bonds. The van der Waals surface area contributed by atoms with Crippen molar-refractivity contribution in [2.45, 2.75) is 76.4 Å². The van der Waals surface area contributed by atoms with Crippen molar-refractivity contribution in [3.63, 3.8) is 0 Å². The summed E-state index contributed by atoms with van der Waals surface area (Å²) in [6, 6.07) is 5.46. The number of nitrogens with zero attached hydrogens (tertiary/aromatic N) is 1. The van der Waals surface area contributed by atoms with Gasteiger partial charge in [0.15, 0.2) is 0 Å². The van der Waals surface area contributed by atoms with Crippen molar-refractivity contribution >= 4 is 46.6 Å². The standard InChI is InChI=1S/C21H30Cl2N2OS/c22-19-13-10-14-20(23)18(19)15-27-16-21(26)25-24-17-11-8-6-4-2-1-3-5-7-9-12-17/h10,13-14H,1-9,11-12,15-16H2,(H,25,26). The molecule has 0 unspecified atom stereocenters. The van der Waals surface area contributed by atoms with Crippen LogP contribution in [0.3, 0.4) is 0 Å². The van der Waals surface area contributed by atoms with Crippen LogP contribution in [0.5, 0.6) is 0 Å². The molecule has 1 saturated carbocycles. The minimum atomic E-state index is -0.0678. The van der Waals surface area contributed by atoms with Gasteiger partial charge in [-0.3, -0.25) is 4.79 Å². The number of thioether (sulfide) groups is 1. The molecule has 0 atom stereocenters. The third-order valence-corrected chi connectivity index (χ3v) is 6.48. The zero-order valence-corrected chi connectivity index (χ0v) is 18.3. The number of hydrogen-bond donors (Lipinski definition) is 1. The second-order valence-corrected chi connectivity index (χ2v) is 8.89. The molecule has 1 N–H and O–H groups in total. The van der Waals surface area contributed by atoms with Gasteiger partial charge in [0, 0.05) is 21.5 Å². The second-order valence-electron chi connectivity index (χ2n) is 7.09. The molecule has 0 aliphatic heterocycles. The maximum atomic E-state index is 12.1. The van der Waals surface area contributed by atoms with Crippen LogP contribution in [-0.4, -0.2) is 17.4 Å². The van der Waals surface area contributed by atoms with E-state index in [0.29, 0.717) is 21.6 Å². The van der Waals surface area contributed by atoms with E-state index in [2.05, 4.69) is 10.5 Å². The Morgan fingerprint density at radius 3 is 2.00 bits per heavy atom. The number of halogens is 2. The lowest BCUT2D eigenvalue weighted by atomic mass is 10.00. The average Bonchev–Trinajstić information content (AvgIpc) is 2.64. The monoisotopic (exact) mass is 428 g/mol. The molecule has 1 aromatic carbocycles. The Morgan fingerprint density at radius 1 is 0.926 bits per heavy atom. The van der Waals surface area contributed by atoms with Gasteiger partial charge in [0.1, 0.15) is 0 Å². The maximum Gasteiger partial charge on any atom is 0.250 e. The maximum absolute atomic E-state index is 12.1. The molecule has 0 bridgehead atoms. The molecule has 0 aromatic heterocycles. The summed E-state index contributed by atoms with van der Waals surface area (Å²) in [6.07, 6.45) is 13.6. The van der Waals surface area contributed by atoms with Crippen LogP contribution in [0.15, 0.2) is 23.3 Å². The molecule has 1 aliphatic rings. The van der Waals surface area contributed by atoms with Crippen molar-refractivity contribution in [1.82, 2.24) is 5.43 Å². The summed E-state index contributed by atoms with van der Waals surface area (Å²) in [5.41, 5.74) is 4.76. The van der Waals surface area contributed by atoms with Gasteiger partial charge < -0.3 is 0 Å². The number of hydrogen-bond acceptors (Lipinski definition) is 3. The molecular formula is C21H30Cl2N2OS. The highest BCUT2D eigenvalue weighted by molar-refractivity contribution is 7.99. The molecular weight excluding hydrogens is 399 g/mol. The number of carbonyl (C=O) groups is 1. The van der Waals surface area contributed by atoms with Gasteiger partial charge in [-0.15, -0.1) is 11.8 Å². The highest BCUT2D eigenvalue weighted by atomic mass is 35.5. The molecule has 0 radical (unpaired) electrons. The Balaban J connectivity index is 1.75. The first-order valence-corrected chi connectivity index (χ1v) is 11.9. The molecule has 6 heteroatoms. The molecule has 0 spiro atoms. The van der Waals surface area contributed by atoms with Crippen LogP contribution in [-0.2, 0) is 10.5 Å². The molecule has 0 saturated heterocycles. The molecule has 150 valence electrons. The SMILES string of the molecule is O=C(CSCc1c(Cl)cccc1Cl)NN=C1CCCCCCCCCCC1. The van der Waals surface area contributed by atoms with Gasteiger partial charge in [0.2, 0.25) is 5.91 Å². The summed E-state index contributed by atoms with van der Waals surface area (Å²) in [5, 5.41) is 5.71. The number of nitrogens with one attached hydrogen (secondary N) is 1. The quantitative estimate of drug-likeness (QED) is 0.512. The van der Waals surface area contributed by atoms with E-state index in [0.717, 1.165) is 24.1 Å². The third kappa shape index (κ3) is 9.36. The highest BCUT2D eigenvalue weighted by Crippen LogP contribution is 2.28. The van der Waals surface area contributed by atoms with Crippen LogP contribution in [0.2, 0.25) is 10.0 Å². The predicted molar refractivity (Wildman–Crippen MR) is 119 cm³/mol. The van der Waals surface area contributed by atoms with Crippen LogP contribution in [0.1, 0.15) is 76.2 Å². The van der Waals surface area contributed by atoms with Crippen LogP contribution < -0.4 is 5.43 Å². The summed E-state index contributed by atoms with van der Waals surface area (Å²) >= 11 is 13.8. The van der Waals surface area contributed by atoms with Crippen LogP contribution in [0.25, 0.3) is 0 Å². The normalized spacial score (nSPS) is 16.9. The molecule has 1 fully saturated rings. The van der Waals surface area contributed by atoms with Gasteiger partial charge in [0.25, 0.3) is 0 Å². The summed E-state index contributed by atoms with van der Waals surface area (Å²) in [7, 11) is 0. The lowest BCUT2D eigenvalue weighted by Gasteiger charge is -2.10. The number of benzene rings is 1. The third-order valence-electron chi connectivity index (χ3n) is 4.81. The van der Waals surface area contributed by atoms with E-state index in [9.17, 15) is 4.79 Å². The van der Waals surface area contributed by atoms with E-state index in [4.69, 9.17) is 23.2 Å². The molecule has 1 aromatic rings. The number of hydrazone groups is 1. The van der Waals surface area contributed by atoms with E-state index in [-0.39, 0.29) is 5.91 Å². The van der Waals surface area contributed by atoms with Gasteiger partial charge in [-0.25, -0.2) is 5.43 Å². The second kappa shape index (κ2) is 13.5. The summed E-state index contributed by atoms with van der Waals surface area (Å²) < 4.78 is 0. The van der Waals surface area contributed by atoms with Crippen LogP contribution in [0, 0.1) is 0 Å². The van der Waals surface area contributed by atoms with Crippen molar-refractivity contribution in [2.24, 2.45) is 5.10 Å². The first-order chi connectivity index (χ1) is 13.2. The van der Waals surface area contributed by atoms with E-state index in [1.165, 1.54) is 69.5 Å². The number of amides is 1. The molecule has 3 nitrogen and oxygen atoms in total. The predicted octanol–water partition coefficient (Wildman–Crippen LogP) is 7.00. The van der Waals surface area contributed by atoms with E-state index in [1.807, 2.05) is 18.2 Å². The fourth-order valence-electron chi connectivity index (χ4n) is 3.22. The first kappa shape index (κ1) is 22.6. The topological polar surface area (TPSA) is 41.5 Å². The van der Waals surface area contributed by atoms with E-state index < -0.39 is 0 Å². The Kier molecular flexibility index (Phi) is 11.3. The zero-order valence-electron chi connectivity index (χ0n) is 15.9. The van der Waals surface area contributed by atoms with Crippen LogP contribution >= 0.6 is 35.0 Å². The Hall–Kier alpha value is -0.710. The fourth-order valence-corrected chi connectivity index (χ4v) is 4.78. The average molecular weight is 429 g/mol. The van der Waals surface area contributed by atoms with Crippen LogP contribution in [0.4, 0.5) is 0 Å². The molecule has 0 heterocycles. The van der Waals surface area contributed by atoms with Gasteiger partial charge >= 0.3 is 0 Å². The van der Waals surface area contributed by atoms with Gasteiger partial charge in [-0.2, -0.15) is 5.10 Å². The smallest absolute Gasteiger partial charge is 0.250 e. The van der Waals surface area contributed by atoms with Crippen molar-refractivity contribution in [1.29, 1.82) is 0 Å². The molecule has 1 aliphatic carbocycles. The number of carbonyl (C=O) groups excluding carboxylic acids is 1. The molecule has 2 rings (SSSR count). The van der Waals surface area contributed by atoms with Crippen molar-refractivity contribution < 1.29 is 4.79 Å². The van der Waals surface area contributed by atoms with E-state index in [1.54, 1.807) is 0 Å². The Labute approximate surface area is 177 Å². The van der Waals surface area contributed by atoms with E-state index >= 15 is 0 Å². The summed E-state index contributed by atoms with van der Waals surface area (Å²) in [4.78, 5) is 12.1. The minimum absolute atomic E-state index is 0.0678. The van der Waals surface area contributed by atoms with Crippen molar-refractivity contribution in [3.05, 3.63) is 33.8 Å². The Bertz CT molecular complexity index is 588. The highest BCUT2D eigenvalue weighted by Gasteiger charge is 2.08. The summed E-state index contributed by atoms with van der Waals surface area (Å²) in [5.74, 6) is 0.891. The zero-order chi connectivity index (χ0) is 19.3. The Morgan fingerprint density at radius 2 is 1.44 bits per heavy atom. The van der Waals surface area contributed by atoms with Gasteiger partial charge in [-0.1, -0.05) is 74.2 Å². The minimum Gasteiger partial charge on any atom is -0.272 e. The van der Waals surface area contributed by atoms with Gasteiger partial charge in [0.05, 0.1) is 5.75 Å². The van der Waals surface area contributed by atoms with Crippen molar-refractivity contribution in [2.75, 3.05) is 5.75 Å². The number of rotatable bonds is 5. The molecule has 27 heavy (non-hydrogen) atoms. The lowest BCUT2D eigenvalue weighted by Crippen LogP contribution is -2.21. The largest absolute Gasteiger partial charge is 0.272 e. The summed E-state index contributed by atoms with van der Waals surface area (Å²) in [6.45, 7) is 0.